The predicted octanol–water partition coefficient (Wildman–Crippen LogP) is -1.97. The Morgan fingerprint density at radius 3 is 1.75 bits per heavy atom. The first-order valence-corrected chi connectivity index (χ1v) is 11.6. The zero-order valence-electron chi connectivity index (χ0n) is 2.39. The quantitative estimate of drug-likeness (QED) is 0.219. The molecule has 0 amide bonds. The molecule has 0 spiro atoms. The van der Waals surface area contributed by atoms with Crippen molar-refractivity contribution in [1.29, 1.82) is 0 Å². The molecule has 0 aromatic heterocycles. The van der Waals surface area contributed by atoms with Gasteiger partial charge in [-0.2, -0.15) is 0 Å². The van der Waals surface area contributed by atoms with Crippen LogP contribution in [0.15, 0.2) is 0 Å². The Hall–Kier alpha value is 0.680. The molecule has 0 unspecified atom stereocenters. The van der Waals surface area contributed by atoms with E-state index in [1.807, 2.05) is 0 Å². The van der Waals surface area contributed by atoms with Crippen LogP contribution < -0.4 is 0 Å². The van der Waals surface area contributed by atoms with Crippen LogP contribution in [-0.2, 0) is 7.83 Å². The van der Waals surface area contributed by atoms with Crippen LogP contribution in [0.5, 0.6) is 0 Å². The second-order valence-corrected chi connectivity index (χ2v) is 8.85. The van der Waals surface area contributed by atoms with E-state index in [9.17, 15) is 0 Å². The molecule has 4 heavy (non-hydrogen) atoms. The standard InChI is InChI=1S/GeH4O2Si/c4-1-2-3-1/h1H,4H3. The number of hydrogen-bond donors (Lipinski definition) is 0. The van der Waals surface area contributed by atoms with Gasteiger partial charge in [0.2, 0.25) is 0 Å². The van der Waals surface area contributed by atoms with Crippen molar-refractivity contribution >= 4 is 23.1 Å². The van der Waals surface area contributed by atoms with Crippen molar-refractivity contribution in [2.75, 3.05) is 0 Å². The number of hydrogen-bond acceptors (Lipinski definition) is 2. The molecule has 0 saturated carbocycles. The molecule has 1 aliphatic heterocycles. The van der Waals surface area contributed by atoms with Gasteiger partial charge in [-0.15, -0.1) is 0 Å². The Morgan fingerprint density at radius 2 is 1.75 bits per heavy atom. The molecular formula is H4GeO2Si. The van der Waals surface area contributed by atoms with E-state index in [0.717, 1.165) is 0 Å². The van der Waals surface area contributed by atoms with Gasteiger partial charge < -0.3 is 0 Å². The van der Waals surface area contributed by atoms with Crippen LogP contribution >= 0.6 is 0 Å². The fraction of sp³-hybridized carbons (Fsp3) is 0. The van der Waals surface area contributed by atoms with Crippen LogP contribution in [0, 0.1) is 0 Å². The van der Waals surface area contributed by atoms with Gasteiger partial charge >= 0.3 is 31.0 Å². The maximum absolute atomic E-state index is 4.46. The SMILES string of the molecule is [SiH3][GeH]1[O][O]1. The van der Waals surface area contributed by atoms with Crippen LogP contribution in [-0.4, -0.2) is 23.1 Å². The molecule has 0 aromatic rings. The van der Waals surface area contributed by atoms with Crippen molar-refractivity contribution in [2.24, 2.45) is 0 Å². The summed E-state index contributed by atoms with van der Waals surface area (Å²) < 4.78 is 8.92. The van der Waals surface area contributed by atoms with Crippen molar-refractivity contribution in [3.63, 3.8) is 0 Å². The second-order valence-electron chi connectivity index (χ2n) is 0.760. The van der Waals surface area contributed by atoms with Crippen molar-refractivity contribution in [2.45, 2.75) is 0 Å². The summed E-state index contributed by atoms with van der Waals surface area (Å²) >= 11 is -1.09. The zero-order valence-corrected chi connectivity index (χ0v) is 6.82. The average molecular weight is 137 g/mol. The van der Waals surface area contributed by atoms with E-state index < -0.39 is 14.4 Å². The fourth-order valence-electron chi connectivity index (χ4n) is 0.0556. The third-order valence-electron chi connectivity index (χ3n) is 0.289. The fourth-order valence-corrected chi connectivity index (χ4v) is 4.50. The summed E-state index contributed by atoms with van der Waals surface area (Å²) in [4.78, 5) is 0. The second kappa shape index (κ2) is 0.819. The van der Waals surface area contributed by atoms with E-state index in [0.29, 0.717) is 0 Å². The van der Waals surface area contributed by atoms with Crippen molar-refractivity contribution < 1.29 is 7.83 Å². The Labute approximate surface area is 31.7 Å². The topological polar surface area (TPSA) is 25.1 Å². The minimum atomic E-state index is -1.09. The van der Waals surface area contributed by atoms with Gasteiger partial charge in [-0.05, 0) is 0 Å². The van der Waals surface area contributed by atoms with Gasteiger partial charge in [-0.1, -0.05) is 0 Å². The van der Waals surface area contributed by atoms with Gasteiger partial charge in [0, 0.05) is 0 Å². The van der Waals surface area contributed by atoms with E-state index in [-0.39, 0.29) is 0 Å². The molecule has 24 valence electrons. The van der Waals surface area contributed by atoms with Gasteiger partial charge in [0.05, 0.1) is 0 Å². The molecule has 0 radical (unpaired) electrons. The van der Waals surface area contributed by atoms with Gasteiger partial charge in [-0.3, -0.25) is 0 Å². The van der Waals surface area contributed by atoms with Crippen LogP contribution in [0.4, 0.5) is 0 Å². The average Bonchev–Trinajstić information content (AvgIpc) is 1.75. The Bertz CT molecular complexity index is 25.2. The maximum atomic E-state index is 4.46. The van der Waals surface area contributed by atoms with Crippen molar-refractivity contribution in [1.82, 2.24) is 0 Å². The first kappa shape index (κ1) is 2.89. The Morgan fingerprint density at radius 1 is 1.50 bits per heavy atom. The van der Waals surface area contributed by atoms with Crippen LogP contribution in [0.2, 0.25) is 0 Å². The Kier molecular flexibility index (Phi) is 0.593. The molecule has 0 bridgehead atoms. The normalized spacial score (nSPS) is 27.0. The minimum absolute atomic E-state index is 1.09. The van der Waals surface area contributed by atoms with Gasteiger partial charge in [0.15, 0.2) is 0 Å². The Balaban J connectivity index is 2.17. The molecule has 0 atom stereocenters. The molecular weight excluding hydrogens is 133 g/mol. The van der Waals surface area contributed by atoms with E-state index in [4.69, 9.17) is 0 Å². The molecule has 0 N–H and O–H groups in total. The van der Waals surface area contributed by atoms with E-state index in [1.54, 1.807) is 0 Å². The summed E-state index contributed by atoms with van der Waals surface area (Å²) in [6.07, 6.45) is 0. The summed E-state index contributed by atoms with van der Waals surface area (Å²) in [5.74, 6) is 0. The molecule has 1 aliphatic rings. The molecule has 1 saturated heterocycles. The number of rotatable bonds is 0. The zero-order chi connectivity index (χ0) is 2.99. The van der Waals surface area contributed by atoms with Crippen molar-refractivity contribution in [3.05, 3.63) is 0 Å². The van der Waals surface area contributed by atoms with Crippen molar-refractivity contribution in [3.8, 4) is 0 Å². The van der Waals surface area contributed by atoms with E-state index in [2.05, 4.69) is 7.83 Å². The first-order valence-electron chi connectivity index (χ1n) is 1.22. The summed E-state index contributed by atoms with van der Waals surface area (Å²) in [6.45, 7) is 0. The van der Waals surface area contributed by atoms with E-state index in [1.165, 1.54) is 8.77 Å². The monoisotopic (exact) mass is 138 g/mol. The summed E-state index contributed by atoms with van der Waals surface area (Å²) in [7, 11) is 1.20. The summed E-state index contributed by atoms with van der Waals surface area (Å²) in [5.41, 5.74) is 0. The first-order chi connectivity index (χ1) is 1.89. The van der Waals surface area contributed by atoms with Gasteiger partial charge in [0.1, 0.15) is 0 Å². The predicted molar refractivity (Wildman–Crippen MR) is 19.3 cm³/mol. The van der Waals surface area contributed by atoms with Gasteiger partial charge in [0.25, 0.3) is 0 Å². The molecule has 0 aliphatic carbocycles. The molecule has 1 heterocycles. The van der Waals surface area contributed by atoms with Crippen LogP contribution in [0.3, 0.4) is 0 Å². The molecule has 1 rings (SSSR count). The molecule has 2 nitrogen and oxygen atoms in total. The summed E-state index contributed by atoms with van der Waals surface area (Å²) in [5, 5.41) is 0. The van der Waals surface area contributed by atoms with Gasteiger partial charge in [-0.25, -0.2) is 0 Å². The molecule has 1 fully saturated rings. The van der Waals surface area contributed by atoms with Crippen LogP contribution in [0.1, 0.15) is 0 Å². The third-order valence-corrected chi connectivity index (χ3v) is 3.50. The summed E-state index contributed by atoms with van der Waals surface area (Å²) in [6, 6.07) is 0. The third kappa shape index (κ3) is 0.558. The van der Waals surface area contributed by atoms with E-state index >= 15 is 0 Å². The van der Waals surface area contributed by atoms with Crippen LogP contribution in [0.25, 0.3) is 0 Å². The molecule has 0 aromatic carbocycles. The molecule has 4 heteroatoms.